The van der Waals surface area contributed by atoms with Crippen LogP contribution in [0.2, 0.25) is 0 Å². The van der Waals surface area contributed by atoms with Crippen molar-refractivity contribution in [3.8, 4) is 0 Å². The van der Waals surface area contributed by atoms with Gasteiger partial charge in [0.15, 0.2) is 9.84 Å². The van der Waals surface area contributed by atoms with E-state index in [1.807, 2.05) is 7.05 Å². The van der Waals surface area contributed by atoms with Crippen LogP contribution in [0.3, 0.4) is 0 Å². The third kappa shape index (κ3) is 2.24. The Kier molecular flexibility index (Phi) is 2.71. The lowest BCUT2D eigenvalue weighted by atomic mass is 10.5. The Bertz CT molecular complexity index is 492. The van der Waals surface area contributed by atoms with Gasteiger partial charge in [0.2, 0.25) is 0 Å². The van der Waals surface area contributed by atoms with Gasteiger partial charge < -0.3 is 4.90 Å². The maximum Gasteiger partial charge on any atom is 0.415 e. The van der Waals surface area contributed by atoms with Crippen molar-refractivity contribution < 1.29 is 17.8 Å². The van der Waals surface area contributed by atoms with Crippen LogP contribution in [-0.2, 0) is 16.9 Å². The normalized spacial score (nSPS) is 19.7. The number of hydrogen-bond acceptors (Lipinski definition) is 3. The quantitative estimate of drug-likeness (QED) is 0.551. The van der Waals surface area contributed by atoms with Crippen molar-refractivity contribution >= 4 is 15.9 Å². The van der Waals surface area contributed by atoms with E-state index in [1.165, 1.54) is 4.57 Å². The number of amides is 1. The lowest BCUT2D eigenvalue weighted by Crippen LogP contribution is -2.45. The molecule has 0 aliphatic carbocycles. The van der Waals surface area contributed by atoms with Gasteiger partial charge in [-0.25, -0.2) is 17.8 Å². The van der Waals surface area contributed by atoms with E-state index in [-0.39, 0.29) is 30.6 Å². The van der Waals surface area contributed by atoms with Gasteiger partial charge in [0, 0.05) is 13.1 Å². The van der Waals surface area contributed by atoms with Gasteiger partial charge in [-0.3, -0.25) is 0 Å². The number of aryl methyl sites for hydroxylation is 1. The summed E-state index contributed by atoms with van der Waals surface area (Å²) in [7, 11) is -1.11. The molecule has 1 fully saturated rings. The van der Waals surface area contributed by atoms with E-state index in [0.717, 1.165) is 0 Å². The third-order valence-electron chi connectivity index (χ3n) is 2.60. The summed E-state index contributed by atoms with van der Waals surface area (Å²) in [4.78, 5) is 13.5. The van der Waals surface area contributed by atoms with Crippen molar-refractivity contribution in [1.82, 2.24) is 9.47 Å². The predicted octanol–water partition coefficient (Wildman–Crippen LogP) is -0.989. The standard InChI is InChI=1S/C9H14N3O3S/c1-10-2-3-12(8-10)9(13)11-4-6-16(14,15)7-5-11/h2-3,8H,4-7H2,1H3/q+1. The van der Waals surface area contributed by atoms with Gasteiger partial charge in [-0.15, -0.1) is 0 Å². The molecule has 0 saturated carbocycles. The second-order valence-corrected chi connectivity index (χ2v) is 6.21. The van der Waals surface area contributed by atoms with Crippen LogP contribution < -0.4 is 4.57 Å². The highest BCUT2D eigenvalue weighted by Crippen LogP contribution is 2.05. The third-order valence-corrected chi connectivity index (χ3v) is 4.21. The van der Waals surface area contributed by atoms with Crippen LogP contribution in [0.25, 0.3) is 0 Å². The average Bonchev–Trinajstić information content (AvgIpc) is 2.64. The molecule has 0 N–H and O–H groups in total. The number of carbonyl (C=O) groups excluding carboxylic acids is 1. The zero-order valence-electron chi connectivity index (χ0n) is 9.04. The lowest BCUT2D eigenvalue weighted by molar-refractivity contribution is -0.670. The number of nitrogens with zero attached hydrogens (tertiary/aromatic N) is 3. The van der Waals surface area contributed by atoms with Crippen molar-refractivity contribution in [2.45, 2.75) is 0 Å². The first kappa shape index (κ1) is 11.1. The maximum absolute atomic E-state index is 11.9. The minimum Gasteiger partial charge on any atom is -0.302 e. The number of carbonyl (C=O) groups is 1. The predicted molar refractivity (Wildman–Crippen MR) is 56.6 cm³/mol. The molecule has 0 atom stereocenters. The van der Waals surface area contributed by atoms with Crippen molar-refractivity contribution in [2.75, 3.05) is 24.6 Å². The van der Waals surface area contributed by atoms with Gasteiger partial charge in [0.25, 0.3) is 6.33 Å². The molecule has 1 amide bonds. The molecule has 1 aliphatic rings. The zero-order chi connectivity index (χ0) is 11.8. The number of sulfone groups is 1. The van der Waals surface area contributed by atoms with Crippen LogP contribution >= 0.6 is 0 Å². The van der Waals surface area contributed by atoms with Crippen LogP contribution in [0.4, 0.5) is 4.79 Å². The highest BCUT2D eigenvalue weighted by molar-refractivity contribution is 7.91. The molecule has 88 valence electrons. The Balaban J connectivity index is 2.07. The number of imidazole rings is 1. The highest BCUT2D eigenvalue weighted by Gasteiger charge is 2.28. The molecule has 1 aliphatic heterocycles. The summed E-state index contributed by atoms with van der Waals surface area (Å²) in [5.74, 6) is 0.123. The van der Waals surface area contributed by atoms with Crippen LogP contribution in [0.5, 0.6) is 0 Å². The van der Waals surface area contributed by atoms with E-state index in [1.54, 1.807) is 28.2 Å². The topological polar surface area (TPSA) is 63.3 Å². The molecule has 16 heavy (non-hydrogen) atoms. The van der Waals surface area contributed by atoms with Crippen molar-refractivity contribution in [2.24, 2.45) is 7.05 Å². The highest BCUT2D eigenvalue weighted by atomic mass is 32.2. The molecule has 0 bridgehead atoms. The van der Waals surface area contributed by atoms with Gasteiger partial charge in [-0.1, -0.05) is 0 Å². The average molecular weight is 244 g/mol. The fraction of sp³-hybridized carbons (Fsp3) is 0.556. The monoisotopic (exact) mass is 244 g/mol. The molecule has 1 saturated heterocycles. The van der Waals surface area contributed by atoms with E-state index in [2.05, 4.69) is 0 Å². The first-order valence-corrected chi connectivity index (χ1v) is 6.83. The van der Waals surface area contributed by atoms with Gasteiger partial charge >= 0.3 is 6.03 Å². The Labute approximate surface area is 94.0 Å². The van der Waals surface area contributed by atoms with Gasteiger partial charge in [0.05, 0.1) is 18.6 Å². The summed E-state index contributed by atoms with van der Waals surface area (Å²) in [6, 6.07) is -0.171. The summed E-state index contributed by atoms with van der Waals surface area (Å²) in [6.07, 6.45) is 5.08. The van der Waals surface area contributed by atoms with Crippen molar-refractivity contribution in [3.05, 3.63) is 18.7 Å². The lowest BCUT2D eigenvalue weighted by Gasteiger charge is -2.24. The largest absolute Gasteiger partial charge is 0.415 e. The van der Waals surface area contributed by atoms with Gasteiger partial charge in [-0.05, 0) is 0 Å². The van der Waals surface area contributed by atoms with E-state index >= 15 is 0 Å². The first-order chi connectivity index (χ1) is 7.48. The Hall–Kier alpha value is -1.37. The van der Waals surface area contributed by atoms with Crippen LogP contribution in [0.15, 0.2) is 18.7 Å². The first-order valence-electron chi connectivity index (χ1n) is 5.01. The van der Waals surface area contributed by atoms with Crippen molar-refractivity contribution in [3.63, 3.8) is 0 Å². The molecule has 2 rings (SSSR count). The molecule has 7 heteroatoms. The molecule has 6 nitrogen and oxygen atoms in total. The maximum atomic E-state index is 11.9. The van der Waals surface area contributed by atoms with Crippen molar-refractivity contribution in [1.29, 1.82) is 0 Å². The van der Waals surface area contributed by atoms with E-state index in [9.17, 15) is 13.2 Å². The number of aromatic nitrogens is 2. The van der Waals surface area contributed by atoms with Gasteiger partial charge in [-0.2, -0.15) is 4.57 Å². The molecule has 2 heterocycles. The molecular weight excluding hydrogens is 230 g/mol. The molecule has 1 aromatic rings. The summed E-state index contributed by atoms with van der Waals surface area (Å²) in [5, 5.41) is 0. The SMILES string of the molecule is C[n+]1ccn(C(=O)N2CCS(=O)(=O)CC2)c1. The minimum atomic E-state index is -2.93. The molecule has 0 radical (unpaired) electrons. The van der Waals surface area contributed by atoms with E-state index in [4.69, 9.17) is 0 Å². The molecule has 0 unspecified atom stereocenters. The molecule has 0 spiro atoms. The summed E-state index contributed by atoms with van der Waals surface area (Å²) in [5.41, 5.74) is 0. The second-order valence-electron chi connectivity index (χ2n) is 3.91. The summed E-state index contributed by atoms with van der Waals surface area (Å²) < 4.78 is 25.6. The smallest absolute Gasteiger partial charge is 0.302 e. The van der Waals surface area contributed by atoms with Crippen LogP contribution in [-0.4, -0.2) is 48.5 Å². The van der Waals surface area contributed by atoms with Crippen LogP contribution in [0, 0.1) is 0 Å². The van der Waals surface area contributed by atoms with Crippen LogP contribution in [0.1, 0.15) is 0 Å². The summed E-state index contributed by atoms with van der Waals surface area (Å²) >= 11 is 0. The second kappa shape index (κ2) is 3.89. The zero-order valence-corrected chi connectivity index (χ0v) is 9.85. The minimum absolute atomic E-state index is 0.0616. The summed E-state index contributed by atoms with van der Waals surface area (Å²) in [6.45, 7) is 0.562. The molecular formula is C9H14N3O3S+. The van der Waals surface area contributed by atoms with Gasteiger partial charge in [0.1, 0.15) is 12.4 Å². The van der Waals surface area contributed by atoms with E-state index in [0.29, 0.717) is 0 Å². The Morgan fingerprint density at radius 1 is 1.31 bits per heavy atom. The Morgan fingerprint density at radius 2 is 1.94 bits per heavy atom. The Morgan fingerprint density at radius 3 is 2.44 bits per heavy atom. The number of rotatable bonds is 0. The fourth-order valence-corrected chi connectivity index (χ4v) is 2.83. The molecule has 0 aromatic carbocycles. The number of hydrogen-bond donors (Lipinski definition) is 0. The van der Waals surface area contributed by atoms with E-state index < -0.39 is 9.84 Å². The molecule has 1 aromatic heterocycles. The fourth-order valence-electron chi connectivity index (χ4n) is 1.63.